The molecule has 3 nitrogen and oxygen atoms in total. The maximum Gasteiger partial charge on any atom is 0.411 e. The molecule has 1 aromatic carbocycles. The molecule has 120 valence electrons. The van der Waals surface area contributed by atoms with Crippen molar-refractivity contribution < 1.29 is 9.53 Å². The van der Waals surface area contributed by atoms with Gasteiger partial charge in [0, 0.05) is 24.9 Å². The summed E-state index contributed by atoms with van der Waals surface area (Å²) in [4.78, 5) is 12.7. The molecule has 0 heterocycles. The van der Waals surface area contributed by atoms with Gasteiger partial charge in [0.1, 0.15) is 0 Å². The topological polar surface area (TPSA) is 38.3 Å². The number of rotatable bonds is 8. The van der Waals surface area contributed by atoms with Crippen molar-refractivity contribution in [1.82, 2.24) is 5.32 Å². The van der Waals surface area contributed by atoms with Gasteiger partial charge in [-0.15, -0.1) is 11.8 Å². The molecule has 0 bridgehead atoms. The van der Waals surface area contributed by atoms with Crippen LogP contribution in [0.4, 0.5) is 4.79 Å². The fraction of sp³-hybridized carbons (Fsp3) is 0.353. The average molecular weight is 336 g/mol. The Hall–Kier alpha value is -1.46. The first-order valence-electron chi connectivity index (χ1n) is 7.40. The molecule has 5 heteroatoms. The Balaban J connectivity index is 2.10. The molecule has 0 aliphatic rings. The summed E-state index contributed by atoms with van der Waals surface area (Å²) in [7, 11) is -1.14. The van der Waals surface area contributed by atoms with E-state index in [9.17, 15) is 4.79 Å². The Morgan fingerprint density at radius 2 is 1.95 bits per heavy atom. The van der Waals surface area contributed by atoms with E-state index in [1.54, 1.807) is 24.0 Å². The molecule has 0 saturated heterocycles. The lowest BCUT2D eigenvalue weighted by atomic mass is 10.4. The van der Waals surface area contributed by atoms with E-state index in [1.165, 1.54) is 4.90 Å². The van der Waals surface area contributed by atoms with Gasteiger partial charge in [0.2, 0.25) is 0 Å². The lowest BCUT2D eigenvalue weighted by molar-refractivity contribution is 0.156. The SMILES string of the molecule is C[Si](C)(C)CCOC(=O)N/C=C/C=C/CSc1ccccc1. The van der Waals surface area contributed by atoms with Crippen molar-refractivity contribution in [2.45, 2.75) is 30.6 Å². The minimum Gasteiger partial charge on any atom is -0.450 e. The smallest absolute Gasteiger partial charge is 0.411 e. The number of alkyl carbamates (subject to hydrolysis) is 1. The molecule has 0 spiro atoms. The van der Waals surface area contributed by atoms with Crippen LogP contribution in [0.5, 0.6) is 0 Å². The maximum atomic E-state index is 11.4. The van der Waals surface area contributed by atoms with Crippen molar-refractivity contribution >= 4 is 25.9 Å². The highest BCUT2D eigenvalue weighted by Gasteiger charge is 2.13. The molecular formula is C17H25NO2SSi. The molecule has 1 amide bonds. The van der Waals surface area contributed by atoms with Gasteiger partial charge in [-0.25, -0.2) is 4.79 Å². The predicted molar refractivity (Wildman–Crippen MR) is 98.1 cm³/mol. The summed E-state index contributed by atoms with van der Waals surface area (Å²) < 4.78 is 5.11. The second kappa shape index (κ2) is 10.3. The van der Waals surface area contributed by atoms with Gasteiger partial charge in [0.25, 0.3) is 0 Å². The molecule has 0 aliphatic heterocycles. The molecule has 0 atom stereocenters. The third kappa shape index (κ3) is 10.3. The highest BCUT2D eigenvalue weighted by Crippen LogP contribution is 2.16. The molecular weight excluding hydrogens is 310 g/mol. The second-order valence-electron chi connectivity index (χ2n) is 6.00. The van der Waals surface area contributed by atoms with Crippen molar-refractivity contribution in [1.29, 1.82) is 0 Å². The van der Waals surface area contributed by atoms with Crippen LogP contribution in [0.25, 0.3) is 0 Å². The molecule has 0 aromatic heterocycles. The highest BCUT2D eigenvalue weighted by molar-refractivity contribution is 7.99. The highest BCUT2D eigenvalue weighted by atomic mass is 32.2. The van der Waals surface area contributed by atoms with Gasteiger partial charge >= 0.3 is 6.09 Å². The van der Waals surface area contributed by atoms with Gasteiger partial charge in [0.15, 0.2) is 0 Å². The number of carbonyl (C=O) groups excluding carboxylic acids is 1. The van der Waals surface area contributed by atoms with E-state index < -0.39 is 8.07 Å². The molecule has 0 radical (unpaired) electrons. The van der Waals surface area contributed by atoms with Gasteiger partial charge in [-0.05, 0) is 24.3 Å². The molecule has 1 N–H and O–H groups in total. The molecule has 0 fully saturated rings. The minimum atomic E-state index is -1.14. The van der Waals surface area contributed by atoms with Crippen LogP contribution in [0, 0.1) is 0 Å². The van der Waals surface area contributed by atoms with E-state index in [0.717, 1.165) is 11.8 Å². The third-order valence-electron chi connectivity index (χ3n) is 2.72. The summed E-state index contributed by atoms with van der Waals surface area (Å²) in [5, 5.41) is 2.59. The van der Waals surface area contributed by atoms with Gasteiger partial charge in [-0.2, -0.15) is 0 Å². The number of nitrogens with one attached hydrogen (secondary N) is 1. The summed E-state index contributed by atoms with van der Waals surface area (Å²) in [5.74, 6) is 0.898. The Bertz CT molecular complexity index is 495. The molecule has 1 rings (SSSR count). The quantitative estimate of drug-likeness (QED) is 0.416. The number of allylic oxidation sites excluding steroid dienone is 2. The van der Waals surface area contributed by atoms with E-state index >= 15 is 0 Å². The summed E-state index contributed by atoms with van der Waals surface area (Å²) in [5.41, 5.74) is 0. The lowest BCUT2D eigenvalue weighted by Crippen LogP contribution is -2.25. The van der Waals surface area contributed by atoms with Crippen LogP contribution in [0.1, 0.15) is 0 Å². The fourth-order valence-electron chi connectivity index (χ4n) is 1.46. The van der Waals surface area contributed by atoms with Gasteiger partial charge in [-0.3, -0.25) is 5.32 Å². The average Bonchev–Trinajstić information content (AvgIpc) is 2.46. The van der Waals surface area contributed by atoms with Crippen LogP contribution in [0.2, 0.25) is 25.7 Å². The van der Waals surface area contributed by atoms with Gasteiger partial charge < -0.3 is 4.74 Å². The summed E-state index contributed by atoms with van der Waals surface area (Å²) in [6.45, 7) is 7.27. The molecule has 0 saturated carbocycles. The van der Waals surface area contributed by atoms with E-state index in [1.807, 2.05) is 30.4 Å². The number of carbonyl (C=O) groups is 1. The van der Waals surface area contributed by atoms with Crippen LogP contribution >= 0.6 is 11.8 Å². The third-order valence-corrected chi connectivity index (χ3v) is 5.39. The zero-order chi connectivity index (χ0) is 16.3. The van der Waals surface area contributed by atoms with Crippen molar-refractivity contribution in [2.75, 3.05) is 12.4 Å². The predicted octanol–water partition coefficient (Wildman–Crippen LogP) is 4.91. The Kier molecular flexibility index (Phi) is 8.70. The summed E-state index contributed by atoms with van der Waals surface area (Å²) >= 11 is 1.77. The number of amides is 1. The standard InChI is InChI=1S/C17H25NO2SSi/c1-22(2,3)15-13-20-17(19)18-12-8-5-9-14-21-16-10-6-4-7-11-16/h4-12H,13-15H2,1-3H3,(H,18,19)/b9-5+,12-8+. The van der Waals surface area contributed by atoms with E-state index in [0.29, 0.717) is 6.61 Å². The van der Waals surface area contributed by atoms with Crippen LogP contribution in [0.3, 0.4) is 0 Å². The monoisotopic (exact) mass is 335 g/mol. The van der Waals surface area contributed by atoms with Crippen molar-refractivity contribution in [3.63, 3.8) is 0 Å². The first-order valence-corrected chi connectivity index (χ1v) is 12.1. The van der Waals surface area contributed by atoms with Crippen LogP contribution in [-0.2, 0) is 4.74 Å². The molecule has 1 aromatic rings. The van der Waals surface area contributed by atoms with E-state index in [2.05, 4.69) is 37.1 Å². The zero-order valence-electron chi connectivity index (χ0n) is 13.5. The van der Waals surface area contributed by atoms with E-state index in [4.69, 9.17) is 4.74 Å². The lowest BCUT2D eigenvalue weighted by Gasteiger charge is -2.14. The summed E-state index contributed by atoms with van der Waals surface area (Å²) in [6, 6.07) is 11.2. The molecule has 22 heavy (non-hydrogen) atoms. The fourth-order valence-corrected chi connectivity index (χ4v) is 2.92. The van der Waals surface area contributed by atoms with Gasteiger partial charge in [-0.1, -0.05) is 50.0 Å². The van der Waals surface area contributed by atoms with Crippen LogP contribution < -0.4 is 5.32 Å². The van der Waals surface area contributed by atoms with Crippen molar-refractivity contribution in [3.8, 4) is 0 Å². The van der Waals surface area contributed by atoms with Crippen molar-refractivity contribution in [3.05, 3.63) is 54.8 Å². The number of thioether (sulfide) groups is 1. The first kappa shape index (κ1) is 18.6. The summed E-state index contributed by atoms with van der Waals surface area (Å²) in [6.07, 6.45) is 6.97. The van der Waals surface area contributed by atoms with Gasteiger partial charge in [0.05, 0.1) is 6.61 Å². The van der Waals surface area contributed by atoms with Crippen LogP contribution in [-0.4, -0.2) is 26.5 Å². The molecule has 0 unspecified atom stereocenters. The Morgan fingerprint density at radius 1 is 1.23 bits per heavy atom. The number of benzene rings is 1. The van der Waals surface area contributed by atoms with Crippen molar-refractivity contribution in [2.24, 2.45) is 0 Å². The van der Waals surface area contributed by atoms with E-state index in [-0.39, 0.29) is 6.09 Å². The molecule has 0 aliphatic carbocycles. The number of ether oxygens (including phenoxy) is 1. The largest absolute Gasteiger partial charge is 0.450 e. The number of hydrogen-bond donors (Lipinski definition) is 1. The zero-order valence-corrected chi connectivity index (χ0v) is 15.4. The first-order chi connectivity index (χ1) is 10.5. The normalized spacial score (nSPS) is 12.0. The maximum absolute atomic E-state index is 11.4. The number of hydrogen-bond acceptors (Lipinski definition) is 3. The Labute approximate surface area is 138 Å². The second-order valence-corrected chi connectivity index (χ2v) is 12.7. The van der Waals surface area contributed by atoms with Crippen LogP contribution in [0.15, 0.2) is 59.7 Å². The Morgan fingerprint density at radius 3 is 2.64 bits per heavy atom. The minimum absolute atomic E-state index is 0.387.